The molecule has 0 aliphatic carbocycles. The van der Waals surface area contributed by atoms with Crippen molar-refractivity contribution in [2.24, 2.45) is 5.92 Å². The lowest BCUT2D eigenvalue weighted by molar-refractivity contribution is 0.540. The van der Waals surface area contributed by atoms with Gasteiger partial charge in [-0.05, 0) is 44.0 Å². The first-order valence-corrected chi connectivity index (χ1v) is 8.13. The first kappa shape index (κ1) is 16.2. The predicted octanol–water partition coefficient (Wildman–Crippen LogP) is 2.02. The molecule has 1 aromatic heterocycles. The third-order valence-corrected chi connectivity index (χ3v) is 6.28. The number of rotatable bonds is 4. The van der Waals surface area contributed by atoms with Gasteiger partial charge in [0.15, 0.2) is 0 Å². The molecule has 1 fully saturated rings. The molecule has 1 aromatic rings. The molecule has 4 nitrogen and oxygen atoms in total. The lowest BCUT2D eigenvalue weighted by atomic mass is 10.1. The van der Waals surface area contributed by atoms with Crippen molar-refractivity contribution >= 4 is 45.4 Å². The number of hydrogen-bond acceptors (Lipinski definition) is 4. The van der Waals surface area contributed by atoms with Crippen LogP contribution < -0.4 is 10.0 Å². The summed E-state index contributed by atoms with van der Waals surface area (Å²) < 4.78 is 27.4. The van der Waals surface area contributed by atoms with E-state index in [0.29, 0.717) is 21.0 Å². The lowest BCUT2D eigenvalue weighted by Crippen LogP contribution is -2.29. The van der Waals surface area contributed by atoms with Gasteiger partial charge in [0.1, 0.15) is 4.21 Å². The molecule has 1 saturated heterocycles. The molecule has 1 unspecified atom stereocenters. The minimum Gasteiger partial charge on any atom is -0.316 e. The molecule has 2 rings (SSSR count). The van der Waals surface area contributed by atoms with Gasteiger partial charge < -0.3 is 5.32 Å². The van der Waals surface area contributed by atoms with Gasteiger partial charge in [0.2, 0.25) is 10.0 Å². The number of thiophene rings is 1. The fourth-order valence-corrected chi connectivity index (χ4v) is 4.62. The largest absolute Gasteiger partial charge is 0.316 e. The molecule has 2 heterocycles. The van der Waals surface area contributed by atoms with Crippen LogP contribution in [0.2, 0.25) is 4.34 Å². The van der Waals surface area contributed by atoms with E-state index in [-0.39, 0.29) is 12.4 Å². The second kappa shape index (κ2) is 6.54. The average molecular weight is 331 g/mol. The summed E-state index contributed by atoms with van der Waals surface area (Å²) in [6, 6.07) is 1.61. The van der Waals surface area contributed by atoms with Gasteiger partial charge in [-0.25, -0.2) is 13.1 Å². The summed E-state index contributed by atoms with van der Waals surface area (Å²) in [5.74, 6) is 0.390. The van der Waals surface area contributed by atoms with Crippen molar-refractivity contribution in [1.29, 1.82) is 0 Å². The Labute approximate surface area is 123 Å². The summed E-state index contributed by atoms with van der Waals surface area (Å²) in [5, 5.41) is 3.21. The standard InChI is InChI=1S/C10H15ClN2O2S2.ClH/c1-7-4-9(16-10(7)11)17(14,15)13-6-8-2-3-12-5-8;/h4,8,12-13H,2-3,5-6H2,1H3;1H. The SMILES string of the molecule is Cc1cc(S(=O)(=O)NCC2CCNC2)sc1Cl.Cl. The molecule has 2 N–H and O–H groups in total. The van der Waals surface area contributed by atoms with Gasteiger partial charge in [0.25, 0.3) is 0 Å². The maximum Gasteiger partial charge on any atom is 0.250 e. The van der Waals surface area contributed by atoms with Gasteiger partial charge in [-0.3, -0.25) is 0 Å². The number of sulfonamides is 1. The van der Waals surface area contributed by atoms with Crippen LogP contribution in [-0.4, -0.2) is 28.1 Å². The summed E-state index contributed by atoms with van der Waals surface area (Å²) in [6.45, 7) is 4.14. The van der Waals surface area contributed by atoms with Gasteiger partial charge in [-0.15, -0.1) is 23.7 Å². The molecular formula is C10H16Cl2N2O2S2. The lowest BCUT2D eigenvalue weighted by Gasteiger charge is -2.09. The Morgan fingerprint density at radius 3 is 2.83 bits per heavy atom. The van der Waals surface area contributed by atoms with Gasteiger partial charge in [0.05, 0.1) is 4.34 Å². The van der Waals surface area contributed by atoms with Gasteiger partial charge in [-0.1, -0.05) is 11.6 Å². The Morgan fingerprint density at radius 2 is 2.33 bits per heavy atom. The van der Waals surface area contributed by atoms with E-state index in [0.717, 1.165) is 36.4 Å². The predicted molar refractivity (Wildman–Crippen MR) is 77.5 cm³/mol. The maximum absolute atomic E-state index is 12.0. The molecule has 0 spiro atoms. The van der Waals surface area contributed by atoms with Crippen molar-refractivity contribution in [3.05, 3.63) is 16.0 Å². The summed E-state index contributed by atoms with van der Waals surface area (Å²) in [4.78, 5) is 0. The highest BCUT2D eigenvalue weighted by Crippen LogP contribution is 2.29. The zero-order valence-corrected chi connectivity index (χ0v) is 13.1. The third kappa shape index (κ3) is 3.82. The van der Waals surface area contributed by atoms with Crippen LogP contribution in [0.4, 0.5) is 0 Å². The van der Waals surface area contributed by atoms with Crippen molar-refractivity contribution < 1.29 is 8.42 Å². The normalized spacial score (nSPS) is 19.8. The van der Waals surface area contributed by atoms with Crippen LogP contribution in [0.15, 0.2) is 10.3 Å². The fourth-order valence-electron chi connectivity index (χ4n) is 1.75. The van der Waals surface area contributed by atoms with Crippen LogP contribution in [0.5, 0.6) is 0 Å². The van der Waals surface area contributed by atoms with Crippen molar-refractivity contribution in [2.45, 2.75) is 17.6 Å². The van der Waals surface area contributed by atoms with Crippen molar-refractivity contribution in [2.75, 3.05) is 19.6 Å². The van der Waals surface area contributed by atoms with Crippen LogP contribution in [0.25, 0.3) is 0 Å². The van der Waals surface area contributed by atoms with Gasteiger partial charge in [0, 0.05) is 6.54 Å². The minimum absolute atomic E-state index is 0. The fraction of sp³-hybridized carbons (Fsp3) is 0.600. The summed E-state index contributed by atoms with van der Waals surface area (Å²) in [5.41, 5.74) is 0.805. The highest BCUT2D eigenvalue weighted by Gasteiger charge is 2.21. The molecular weight excluding hydrogens is 315 g/mol. The molecule has 0 saturated carbocycles. The highest BCUT2D eigenvalue weighted by molar-refractivity contribution is 7.91. The molecule has 0 bridgehead atoms. The van der Waals surface area contributed by atoms with E-state index < -0.39 is 10.0 Å². The Hall–Kier alpha value is 0.150. The number of halogens is 2. The van der Waals surface area contributed by atoms with E-state index in [9.17, 15) is 8.42 Å². The first-order chi connectivity index (χ1) is 7.99. The van der Waals surface area contributed by atoms with Crippen LogP contribution in [0.3, 0.4) is 0 Å². The molecule has 1 aliphatic heterocycles. The summed E-state index contributed by atoms with van der Waals surface area (Å²) >= 11 is 6.98. The molecule has 1 aliphatic rings. The van der Waals surface area contributed by atoms with Crippen molar-refractivity contribution in [3.63, 3.8) is 0 Å². The Bertz CT molecular complexity index is 476. The summed E-state index contributed by atoms with van der Waals surface area (Å²) in [6.07, 6.45) is 1.02. The van der Waals surface area contributed by atoms with E-state index in [4.69, 9.17) is 11.6 Å². The van der Waals surface area contributed by atoms with Crippen LogP contribution >= 0.6 is 35.3 Å². The summed E-state index contributed by atoms with van der Waals surface area (Å²) in [7, 11) is -3.39. The molecule has 1 atom stereocenters. The average Bonchev–Trinajstić information content (AvgIpc) is 2.87. The third-order valence-electron chi connectivity index (χ3n) is 2.82. The first-order valence-electron chi connectivity index (χ1n) is 5.45. The molecule has 104 valence electrons. The maximum atomic E-state index is 12.0. The minimum atomic E-state index is -3.39. The monoisotopic (exact) mass is 330 g/mol. The number of hydrogen-bond donors (Lipinski definition) is 2. The molecule has 0 radical (unpaired) electrons. The number of nitrogens with one attached hydrogen (secondary N) is 2. The van der Waals surface area contributed by atoms with E-state index in [1.165, 1.54) is 0 Å². The molecule has 0 amide bonds. The van der Waals surface area contributed by atoms with E-state index in [1.807, 2.05) is 0 Å². The Balaban J connectivity index is 0.00000162. The molecule has 0 aromatic carbocycles. The Morgan fingerprint density at radius 1 is 1.61 bits per heavy atom. The quantitative estimate of drug-likeness (QED) is 0.887. The van der Waals surface area contributed by atoms with Gasteiger partial charge >= 0.3 is 0 Å². The van der Waals surface area contributed by atoms with E-state index >= 15 is 0 Å². The smallest absolute Gasteiger partial charge is 0.250 e. The molecule has 8 heteroatoms. The van der Waals surface area contributed by atoms with Crippen LogP contribution in [0, 0.1) is 12.8 Å². The zero-order chi connectivity index (χ0) is 12.5. The van der Waals surface area contributed by atoms with Crippen molar-refractivity contribution in [1.82, 2.24) is 10.0 Å². The van der Waals surface area contributed by atoms with Crippen LogP contribution in [0.1, 0.15) is 12.0 Å². The van der Waals surface area contributed by atoms with E-state index in [2.05, 4.69) is 10.0 Å². The van der Waals surface area contributed by atoms with E-state index in [1.54, 1.807) is 13.0 Å². The van der Waals surface area contributed by atoms with Gasteiger partial charge in [-0.2, -0.15) is 0 Å². The highest BCUT2D eigenvalue weighted by atomic mass is 35.5. The zero-order valence-electron chi connectivity index (χ0n) is 9.90. The number of aryl methyl sites for hydroxylation is 1. The topological polar surface area (TPSA) is 58.2 Å². The second-order valence-electron chi connectivity index (χ2n) is 4.23. The molecule has 18 heavy (non-hydrogen) atoms. The van der Waals surface area contributed by atoms with Crippen LogP contribution in [-0.2, 0) is 10.0 Å². The van der Waals surface area contributed by atoms with Crippen molar-refractivity contribution in [3.8, 4) is 0 Å². The Kier molecular flexibility index (Phi) is 5.89. The second-order valence-corrected chi connectivity index (χ2v) is 7.88.